The number of aliphatic carboxylic acids is 1. The third-order valence-electron chi connectivity index (χ3n) is 9.56. The number of carbonyl (C=O) groups is 10. The van der Waals surface area contributed by atoms with Gasteiger partial charge in [-0.2, -0.15) is 11.8 Å². The standard InChI is InChI=1S/C35H58N10O13S/c1-17(28(50)41-21(11-14-59-4)31(53)40-18(2)29(51)43-23(16-46)35(57)58)39-26(49)15-38-30(52)20(9-10-25(36)48)42-33(55)27(19(3)47)44-32(54)24-8-6-13-45(24)34(56)22-7-5-12-37-22/h17-24,27,37,46-47H,5-16H2,1-4H3,(H2,36,48)(H,38,52)(H,39,49)(H,40,53)(H,41,50)(H,42,55)(H,43,51)(H,44,54)(H,57,58)/t17-,18-,19+,20-,21-,22-,23-,24-,27-/m0/s1. The molecule has 2 heterocycles. The summed E-state index contributed by atoms with van der Waals surface area (Å²) in [5, 5.41) is 48.2. The minimum Gasteiger partial charge on any atom is -0.480 e. The van der Waals surface area contributed by atoms with Gasteiger partial charge in [-0.25, -0.2) is 4.79 Å². The predicted octanol–water partition coefficient (Wildman–Crippen LogP) is -5.73. The molecule has 2 rings (SSSR count). The molecular weight excluding hydrogens is 801 g/mol. The van der Waals surface area contributed by atoms with Gasteiger partial charge in [0, 0.05) is 13.0 Å². The first kappa shape index (κ1) is 50.1. The van der Waals surface area contributed by atoms with Crippen LogP contribution in [0.3, 0.4) is 0 Å². The second-order valence-corrected chi connectivity index (χ2v) is 15.3. The van der Waals surface area contributed by atoms with E-state index in [-0.39, 0.29) is 25.2 Å². The molecular formula is C35H58N10O13S. The minimum atomic E-state index is -1.60. The van der Waals surface area contributed by atoms with Gasteiger partial charge in [-0.05, 0) is 77.8 Å². The first-order chi connectivity index (χ1) is 27.8. The highest BCUT2D eigenvalue weighted by molar-refractivity contribution is 7.98. The highest BCUT2D eigenvalue weighted by atomic mass is 32.2. The Morgan fingerprint density at radius 3 is 1.95 bits per heavy atom. The number of primary amides is 1. The van der Waals surface area contributed by atoms with Crippen molar-refractivity contribution in [2.75, 3.05) is 38.2 Å². The fraction of sp³-hybridized carbons (Fsp3) is 0.714. The number of aliphatic hydroxyl groups excluding tert-OH is 2. The molecule has 23 nitrogen and oxygen atoms in total. The molecule has 0 radical (unpaired) electrons. The topological polar surface area (TPSA) is 357 Å². The molecule has 59 heavy (non-hydrogen) atoms. The molecule has 2 aliphatic heterocycles. The van der Waals surface area contributed by atoms with E-state index < -0.39 is 121 Å². The average Bonchev–Trinajstić information content (AvgIpc) is 3.91. The highest BCUT2D eigenvalue weighted by Gasteiger charge is 2.40. The molecule has 0 unspecified atom stereocenters. The van der Waals surface area contributed by atoms with Crippen molar-refractivity contribution >= 4 is 70.9 Å². The van der Waals surface area contributed by atoms with Crippen LogP contribution in [0.25, 0.3) is 0 Å². The van der Waals surface area contributed by atoms with Crippen molar-refractivity contribution in [1.29, 1.82) is 0 Å². The smallest absolute Gasteiger partial charge is 0.328 e. The van der Waals surface area contributed by atoms with Gasteiger partial charge in [-0.3, -0.25) is 43.2 Å². The van der Waals surface area contributed by atoms with Crippen LogP contribution in [0.2, 0.25) is 0 Å². The van der Waals surface area contributed by atoms with Crippen LogP contribution in [0.1, 0.15) is 65.7 Å². The average molecular weight is 859 g/mol. The minimum absolute atomic E-state index is 0.104. The quantitative estimate of drug-likeness (QED) is 0.0430. The fourth-order valence-electron chi connectivity index (χ4n) is 6.18. The molecule has 0 aliphatic carbocycles. The Morgan fingerprint density at radius 2 is 1.39 bits per heavy atom. The second-order valence-electron chi connectivity index (χ2n) is 14.3. The Kier molecular flexibility index (Phi) is 21.0. The van der Waals surface area contributed by atoms with Crippen molar-refractivity contribution in [3.63, 3.8) is 0 Å². The number of aliphatic hydroxyl groups is 2. The fourth-order valence-corrected chi connectivity index (χ4v) is 6.65. The number of carbonyl (C=O) groups excluding carboxylic acids is 9. The van der Waals surface area contributed by atoms with E-state index in [9.17, 15) is 53.1 Å². The zero-order valence-corrected chi connectivity index (χ0v) is 34.4. The number of amides is 9. The van der Waals surface area contributed by atoms with Crippen molar-refractivity contribution < 1.29 is 63.3 Å². The Labute approximate surface area is 345 Å². The maximum atomic E-state index is 13.4. The monoisotopic (exact) mass is 858 g/mol. The Bertz CT molecular complexity index is 1550. The van der Waals surface area contributed by atoms with Crippen LogP contribution in [0.15, 0.2) is 0 Å². The zero-order chi connectivity index (χ0) is 44.4. The maximum absolute atomic E-state index is 13.4. The van der Waals surface area contributed by atoms with Gasteiger partial charge in [0.2, 0.25) is 53.2 Å². The number of rotatable bonds is 24. The summed E-state index contributed by atoms with van der Waals surface area (Å²) >= 11 is 1.36. The molecule has 0 spiro atoms. The molecule has 24 heteroatoms. The SMILES string of the molecule is CSCC[C@H](NC(=O)[C@H](C)NC(=O)CNC(=O)[C@H](CCC(N)=O)NC(=O)[C@@H](NC(=O)[C@@H]1CCCN1C(=O)[C@@H]1CCCN1)[C@@H](C)O)C(=O)N[C@@H](C)C(=O)N[C@@H](CO)C(=O)O. The third kappa shape index (κ3) is 16.2. The van der Waals surface area contributed by atoms with Gasteiger partial charge < -0.3 is 68.5 Å². The summed E-state index contributed by atoms with van der Waals surface area (Å²) in [6.07, 6.45) is 2.03. The second kappa shape index (κ2) is 24.8. The number of nitrogens with two attached hydrogens (primary N) is 1. The molecule has 0 aromatic carbocycles. The number of carboxylic acid groups (broad SMARTS) is 1. The van der Waals surface area contributed by atoms with E-state index in [0.717, 1.165) is 6.42 Å². The van der Waals surface area contributed by atoms with Gasteiger partial charge in [0.15, 0.2) is 0 Å². The molecule has 0 aromatic heterocycles. The maximum Gasteiger partial charge on any atom is 0.328 e. The lowest BCUT2D eigenvalue weighted by molar-refractivity contribution is -0.143. The van der Waals surface area contributed by atoms with Crippen LogP contribution < -0.4 is 48.3 Å². The lowest BCUT2D eigenvalue weighted by atomic mass is 10.1. The summed E-state index contributed by atoms with van der Waals surface area (Å²) in [4.78, 5) is 128. The van der Waals surface area contributed by atoms with Crippen LogP contribution in [0.5, 0.6) is 0 Å². The number of hydrogen-bond donors (Lipinski definition) is 12. The van der Waals surface area contributed by atoms with Gasteiger partial charge >= 0.3 is 5.97 Å². The van der Waals surface area contributed by atoms with E-state index in [4.69, 9.17) is 15.9 Å². The van der Waals surface area contributed by atoms with Gasteiger partial charge in [0.25, 0.3) is 0 Å². The summed E-state index contributed by atoms with van der Waals surface area (Å²) in [5.74, 6) is -8.12. The Morgan fingerprint density at radius 1 is 0.780 bits per heavy atom. The molecule has 0 aromatic rings. The van der Waals surface area contributed by atoms with Gasteiger partial charge in [-0.1, -0.05) is 0 Å². The molecule has 0 saturated carbocycles. The lowest BCUT2D eigenvalue weighted by Gasteiger charge is -2.29. The summed E-state index contributed by atoms with van der Waals surface area (Å²) in [6.45, 7) is 3.22. The summed E-state index contributed by atoms with van der Waals surface area (Å²) in [6, 6.07) is -9.64. The lowest BCUT2D eigenvalue weighted by Crippen LogP contribution is -2.60. The number of nitrogens with one attached hydrogen (secondary N) is 8. The van der Waals surface area contributed by atoms with E-state index in [1.54, 1.807) is 6.26 Å². The van der Waals surface area contributed by atoms with Gasteiger partial charge in [0.1, 0.15) is 42.3 Å². The van der Waals surface area contributed by atoms with E-state index in [1.165, 1.54) is 37.4 Å². The predicted molar refractivity (Wildman–Crippen MR) is 210 cm³/mol. The first-order valence-corrected chi connectivity index (χ1v) is 20.6. The number of carboxylic acids is 1. The highest BCUT2D eigenvalue weighted by Crippen LogP contribution is 2.21. The molecule has 2 fully saturated rings. The normalized spacial score (nSPS) is 19.7. The molecule has 9 amide bonds. The molecule has 13 N–H and O–H groups in total. The van der Waals surface area contributed by atoms with Crippen LogP contribution in [-0.2, 0) is 47.9 Å². The van der Waals surface area contributed by atoms with E-state index in [0.29, 0.717) is 38.1 Å². The van der Waals surface area contributed by atoms with Crippen LogP contribution >= 0.6 is 11.8 Å². The van der Waals surface area contributed by atoms with Gasteiger partial charge in [0.05, 0.1) is 25.3 Å². The molecule has 9 atom stereocenters. The van der Waals surface area contributed by atoms with E-state index >= 15 is 0 Å². The van der Waals surface area contributed by atoms with Crippen molar-refractivity contribution in [3.8, 4) is 0 Å². The molecule has 332 valence electrons. The van der Waals surface area contributed by atoms with Crippen LogP contribution in [0, 0.1) is 0 Å². The van der Waals surface area contributed by atoms with E-state index in [2.05, 4.69) is 42.5 Å². The molecule has 2 aliphatic rings. The van der Waals surface area contributed by atoms with Crippen molar-refractivity contribution in [3.05, 3.63) is 0 Å². The molecule has 0 bridgehead atoms. The third-order valence-corrected chi connectivity index (χ3v) is 10.2. The largest absolute Gasteiger partial charge is 0.480 e. The first-order valence-electron chi connectivity index (χ1n) is 19.2. The number of hydrogen-bond acceptors (Lipinski definition) is 14. The number of thioether (sulfide) groups is 1. The van der Waals surface area contributed by atoms with Crippen LogP contribution in [0.4, 0.5) is 0 Å². The number of nitrogens with zero attached hydrogens (tertiary/aromatic N) is 1. The van der Waals surface area contributed by atoms with Crippen LogP contribution in [-0.4, -0.2) is 172 Å². The molecule has 2 saturated heterocycles. The Balaban J connectivity index is 2.01. The zero-order valence-electron chi connectivity index (χ0n) is 33.5. The van der Waals surface area contributed by atoms with E-state index in [1.807, 2.05) is 0 Å². The van der Waals surface area contributed by atoms with Crippen molar-refractivity contribution in [2.24, 2.45) is 5.73 Å². The number of likely N-dealkylation sites (tertiary alicyclic amines) is 1. The van der Waals surface area contributed by atoms with Crippen molar-refractivity contribution in [1.82, 2.24) is 47.4 Å². The van der Waals surface area contributed by atoms with Gasteiger partial charge in [-0.15, -0.1) is 0 Å². The van der Waals surface area contributed by atoms with Crippen molar-refractivity contribution in [2.45, 2.75) is 120 Å². The Hall–Kier alpha value is -5.07. The summed E-state index contributed by atoms with van der Waals surface area (Å²) in [5.41, 5.74) is 5.26. The summed E-state index contributed by atoms with van der Waals surface area (Å²) in [7, 11) is 0. The summed E-state index contributed by atoms with van der Waals surface area (Å²) < 4.78 is 0.